The third-order valence-corrected chi connectivity index (χ3v) is 6.98. The summed E-state index contributed by atoms with van der Waals surface area (Å²) in [4.78, 5) is 28.7. The summed E-state index contributed by atoms with van der Waals surface area (Å²) in [6.45, 7) is 3.00. The molecule has 0 spiro atoms. The number of nitrogens with zero attached hydrogens (tertiary/aromatic N) is 1. The number of hydrogen-bond donors (Lipinski definition) is 2. The molecule has 0 aromatic heterocycles. The first-order valence-electron chi connectivity index (χ1n) is 12.3. The zero-order valence-corrected chi connectivity index (χ0v) is 22.8. The van der Waals surface area contributed by atoms with Gasteiger partial charge in [0.05, 0.1) is 32.0 Å². The second kappa shape index (κ2) is 12.4. The highest BCUT2D eigenvalue weighted by Crippen LogP contribution is 2.35. The van der Waals surface area contributed by atoms with E-state index in [-0.39, 0.29) is 18.4 Å². The van der Waals surface area contributed by atoms with Gasteiger partial charge in [0.15, 0.2) is 0 Å². The van der Waals surface area contributed by atoms with E-state index >= 15 is 0 Å². The van der Waals surface area contributed by atoms with Gasteiger partial charge in [-0.15, -0.1) is 0 Å². The first-order chi connectivity index (χ1) is 17.9. The molecule has 2 N–H and O–H groups in total. The number of halogens is 1. The zero-order chi connectivity index (χ0) is 26.4. The summed E-state index contributed by atoms with van der Waals surface area (Å²) in [7, 11) is 3.33. The Kier molecular flexibility index (Phi) is 9.02. The molecule has 37 heavy (non-hydrogen) atoms. The predicted octanol–water partition coefficient (Wildman–Crippen LogP) is 4.04. The number of hydrogen-bond acceptors (Lipinski definition) is 6. The van der Waals surface area contributed by atoms with E-state index in [1.165, 1.54) is 0 Å². The Morgan fingerprint density at radius 2 is 1.97 bits per heavy atom. The van der Waals surface area contributed by atoms with Gasteiger partial charge in [-0.25, -0.2) is 0 Å². The van der Waals surface area contributed by atoms with Crippen LogP contribution in [0.1, 0.15) is 18.9 Å². The molecule has 1 aliphatic heterocycles. The molecule has 2 atom stereocenters. The number of carbonyl (C=O) groups excluding carboxylic acids is 2. The molecular weight excluding hydrogens is 538 g/mol. The molecule has 0 saturated carbocycles. The monoisotopic (exact) mass is 569 g/mol. The van der Waals surface area contributed by atoms with E-state index in [0.717, 1.165) is 20.8 Å². The molecule has 0 unspecified atom stereocenters. The Balaban J connectivity index is 1.82. The summed E-state index contributed by atoms with van der Waals surface area (Å²) < 4.78 is 18.4. The van der Waals surface area contributed by atoms with Gasteiger partial charge in [0.1, 0.15) is 24.1 Å². The van der Waals surface area contributed by atoms with Crippen molar-refractivity contribution in [2.75, 3.05) is 38.9 Å². The van der Waals surface area contributed by atoms with Crippen LogP contribution in [0.25, 0.3) is 10.8 Å². The number of nitrogens with one attached hydrogen (secondary N) is 2. The number of anilines is 1. The zero-order valence-electron chi connectivity index (χ0n) is 21.3. The lowest BCUT2D eigenvalue weighted by Crippen LogP contribution is -2.53. The van der Waals surface area contributed by atoms with Crippen LogP contribution in [0.5, 0.6) is 11.5 Å². The van der Waals surface area contributed by atoms with Crippen molar-refractivity contribution in [1.82, 2.24) is 10.6 Å². The van der Waals surface area contributed by atoms with E-state index < -0.39 is 12.1 Å². The predicted molar refractivity (Wildman–Crippen MR) is 147 cm³/mol. The molecule has 1 heterocycles. The number of amides is 2. The van der Waals surface area contributed by atoms with Crippen LogP contribution < -0.4 is 25.0 Å². The Morgan fingerprint density at radius 3 is 2.76 bits per heavy atom. The van der Waals surface area contributed by atoms with Gasteiger partial charge in [-0.05, 0) is 61.5 Å². The normalized spacial score (nSPS) is 17.4. The van der Waals surface area contributed by atoms with Crippen molar-refractivity contribution < 1.29 is 23.8 Å². The largest absolute Gasteiger partial charge is 0.496 e. The smallest absolute Gasteiger partial charge is 0.250 e. The summed E-state index contributed by atoms with van der Waals surface area (Å²) in [5.41, 5.74) is 1.47. The van der Waals surface area contributed by atoms with Gasteiger partial charge in [0, 0.05) is 16.6 Å². The quantitative estimate of drug-likeness (QED) is 0.466. The molecule has 8 nitrogen and oxygen atoms in total. The van der Waals surface area contributed by atoms with Crippen molar-refractivity contribution >= 4 is 44.2 Å². The molecule has 3 aromatic rings. The summed E-state index contributed by atoms with van der Waals surface area (Å²) in [5.74, 6) is 0.724. The van der Waals surface area contributed by atoms with Gasteiger partial charge in [0.25, 0.3) is 0 Å². The van der Waals surface area contributed by atoms with Crippen molar-refractivity contribution in [2.24, 2.45) is 0 Å². The van der Waals surface area contributed by atoms with Gasteiger partial charge in [-0.2, -0.15) is 0 Å². The molecule has 0 radical (unpaired) electrons. The van der Waals surface area contributed by atoms with Gasteiger partial charge in [-0.1, -0.05) is 40.2 Å². The maximum Gasteiger partial charge on any atom is 0.250 e. The van der Waals surface area contributed by atoms with E-state index in [2.05, 4.69) is 26.6 Å². The van der Waals surface area contributed by atoms with Crippen LogP contribution in [-0.2, 0) is 20.9 Å². The maximum absolute atomic E-state index is 14.2. The second-order valence-electron chi connectivity index (χ2n) is 8.82. The minimum absolute atomic E-state index is 0.218. The van der Waals surface area contributed by atoms with Crippen LogP contribution in [0.4, 0.5) is 5.69 Å². The fourth-order valence-electron chi connectivity index (χ4n) is 4.33. The highest BCUT2D eigenvalue weighted by atomic mass is 79.9. The van der Waals surface area contributed by atoms with E-state index in [9.17, 15) is 9.59 Å². The molecule has 2 amide bonds. The van der Waals surface area contributed by atoms with Gasteiger partial charge in [-0.3, -0.25) is 9.59 Å². The molecular formula is C28H32BrN3O5. The molecule has 0 fully saturated rings. The number of para-hydroxylation sites is 2. The van der Waals surface area contributed by atoms with Crippen molar-refractivity contribution in [3.05, 3.63) is 64.6 Å². The van der Waals surface area contributed by atoms with Gasteiger partial charge < -0.3 is 29.7 Å². The summed E-state index contributed by atoms with van der Waals surface area (Å²) in [6.07, 6.45) is 0.333. The molecule has 4 rings (SSSR count). The fourth-order valence-corrected chi connectivity index (χ4v) is 4.71. The topological polar surface area (TPSA) is 89.1 Å². The number of methoxy groups -OCH3 is 1. The average molecular weight is 570 g/mol. The number of rotatable bonds is 6. The highest BCUT2D eigenvalue weighted by Gasteiger charge is 2.31. The van der Waals surface area contributed by atoms with Crippen LogP contribution in [0.15, 0.2) is 59.1 Å². The van der Waals surface area contributed by atoms with Crippen molar-refractivity contribution in [3.8, 4) is 11.5 Å². The molecule has 9 heteroatoms. The van der Waals surface area contributed by atoms with Crippen LogP contribution in [-0.4, -0.2) is 57.9 Å². The van der Waals surface area contributed by atoms with Crippen molar-refractivity contribution in [1.29, 1.82) is 0 Å². The molecule has 1 aliphatic rings. The van der Waals surface area contributed by atoms with Crippen LogP contribution in [0.2, 0.25) is 0 Å². The Morgan fingerprint density at radius 1 is 1.16 bits per heavy atom. The second-order valence-corrected chi connectivity index (χ2v) is 9.74. The Labute approximate surface area is 225 Å². The van der Waals surface area contributed by atoms with Gasteiger partial charge in [0.2, 0.25) is 11.8 Å². The third kappa shape index (κ3) is 6.23. The lowest BCUT2D eigenvalue weighted by Gasteiger charge is -2.30. The third-order valence-electron chi connectivity index (χ3n) is 6.49. The number of fused-ring (bicyclic) bond motifs is 2. The molecule has 196 valence electrons. The van der Waals surface area contributed by atoms with E-state index in [4.69, 9.17) is 14.2 Å². The lowest BCUT2D eigenvalue weighted by atomic mass is 10.0. The minimum atomic E-state index is -0.787. The summed E-state index contributed by atoms with van der Waals surface area (Å²) in [6, 6.07) is 16.1. The van der Waals surface area contributed by atoms with E-state index in [1.54, 1.807) is 26.0 Å². The number of likely N-dealkylation sites (N-methyl/N-ethyl adjacent to an activating group) is 1. The van der Waals surface area contributed by atoms with Crippen LogP contribution in [0.3, 0.4) is 0 Å². The van der Waals surface area contributed by atoms with Crippen molar-refractivity contribution in [3.63, 3.8) is 0 Å². The molecule has 0 saturated heterocycles. The number of carbonyl (C=O) groups is 2. The standard InChI is InChI=1S/C28H32BrN3O5/c1-18(30-2)27(33)31-23-12-13-36-14-15-37-26-7-5-4-6-24(26)32(28(23)34)17-22-21-10-9-20(29)16-19(21)8-11-25(22)35-3/h4-11,16,18,23,30H,12-15,17H2,1-3H3,(H,31,33)/t18-,23-/m0/s1. The van der Waals surface area contributed by atoms with E-state index in [1.807, 2.05) is 54.6 Å². The Bertz CT molecular complexity index is 1270. The lowest BCUT2D eigenvalue weighted by molar-refractivity contribution is -0.129. The Hall–Kier alpha value is -3.14. The van der Waals surface area contributed by atoms with Crippen molar-refractivity contribution in [2.45, 2.75) is 32.0 Å². The molecule has 0 aliphatic carbocycles. The van der Waals surface area contributed by atoms with Gasteiger partial charge >= 0.3 is 0 Å². The summed E-state index contributed by atoms with van der Waals surface area (Å²) >= 11 is 3.54. The molecule has 3 aromatic carbocycles. The highest BCUT2D eigenvalue weighted by molar-refractivity contribution is 9.10. The summed E-state index contributed by atoms with van der Waals surface area (Å²) in [5, 5.41) is 7.84. The number of benzene rings is 3. The average Bonchev–Trinajstić information content (AvgIpc) is 2.94. The SMILES string of the molecule is CN[C@@H](C)C(=O)N[C@H]1CCOCCOc2ccccc2N(Cc2c(OC)ccc3cc(Br)ccc23)C1=O. The minimum Gasteiger partial charge on any atom is -0.496 e. The van der Waals surface area contributed by atoms with Crippen LogP contribution >= 0.6 is 15.9 Å². The maximum atomic E-state index is 14.2. The molecule has 0 bridgehead atoms. The van der Waals surface area contributed by atoms with E-state index in [0.29, 0.717) is 43.4 Å². The fraction of sp³-hybridized carbons (Fsp3) is 0.357. The first-order valence-corrected chi connectivity index (χ1v) is 13.1. The number of ether oxygens (including phenoxy) is 3. The first kappa shape index (κ1) is 26.9. The van der Waals surface area contributed by atoms with Crippen LogP contribution in [0, 0.1) is 0 Å².